The Bertz CT molecular complexity index is 300. The highest BCUT2D eigenvalue weighted by Gasteiger charge is 2.22. The number of rotatable bonds is 5. The molecule has 15 heavy (non-hydrogen) atoms. The lowest BCUT2D eigenvalue weighted by molar-refractivity contribution is 0.329. The molecule has 1 atom stereocenters. The molecule has 1 heterocycles. The van der Waals surface area contributed by atoms with Gasteiger partial charge in [0, 0.05) is 6.20 Å². The molecule has 1 rings (SSSR count). The van der Waals surface area contributed by atoms with Gasteiger partial charge in [0.15, 0.2) is 0 Å². The zero-order valence-electron chi connectivity index (χ0n) is 9.20. The van der Waals surface area contributed by atoms with Crippen molar-refractivity contribution in [3.05, 3.63) is 29.8 Å². The molecule has 84 valence electrons. The lowest BCUT2D eigenvalue weighted by Crippen LogP contribution is -2.34. The number of nitrogens with one attached hydrogen (secondary N) is 1. The van der Waals surface area contributed by atoms with E-state index in [9.17, 15) is 4.39 Å². The SMILES string of the molecule is CCC(CC)C(NN)c1ncccc1F. The van der Waals surface area contributed by atoms with E-state index >= 15 is 0 Å². The second-order valence-corrected chi connectivity index (χ2v) is 3.59. The van der Waals surface area contributed by atoms with Crippen molar-refractivity contribution in [2.45, 2.75) is 32.7 Å². The van der Waals surface area contributed by atoms with E-state index in [2.05, 4.69) is 24.3 Å². The van der Waals surface area contributed by atoms with E-state index < -0.39 is 0 Å². The summed E-state index contributed by atoms with van der Waals surface area (Å²) in [5.41, 5.74) is 3.07. The number of hydrogen-bond acceptors (Lipinski definition) is 3. The van der Waals surface area contributed by atoms with Crippen LogP contribution in [-0.2, 0) is 0 Å². The highest BCUT2D eigenvalue weighted by molar-refractivity contribution is 5.12. The van der Waals surface area contributed by atoms with E-state index in [1.54, 1.807) is 12.3 Å². The summed E-state index contributed by atoms with van der Waals surface area (Å²) in [7, 11) is 0. The maximum Gasteiger partial charge on any atom is 0.146 e. The molecule has 0 aliphatic heterocycles. The van der Waals surface area contributed by atoms with Gasteiger partial charge in [-0.25, -0.2) is 4.39 Å². The molecule has 0 bridgehead atoms. The summed E-state index contributed by atoms with van der Waals surface area (Å²) in [5.74, 6) is 5.48. The van der Waals surface area contributed by atoms with Crippen LogP contribution < -0.4 is 11.3 Å². The first-order valence-electron chi connectivity index (χ1n) is 5.31. The molecular formula is C11H18FN3. The van der Waals surface area contributed by atoms with Gasteiger partial charge < -0.3 is 0 Å². The molecule has 1 unspecified atom stereocenters. The van der Waals surface area contributed by atoms with Crippen LogP contribution in [0, 0.1) is 11.7 Å². The van der Waals surface area contributed by atoms with Crippen molar-refractivity contribution in [1.29, 1.82) is 0 Å². The first-order valence-corrected chi connectivity index (χ1v) is 5.31. The molecule has 0 aromatic carbocycles. The van der Waals surface area contributed by atoms with Crippen LogP contribution in [0.5, 0.6) is 0 Å². The van der Waals surface area contributed by atoms with E-state index in [-0.39, 0.29) is 11.9 Å². The molecule has 4 heteroatoms. The number of hydrazine groups is 1. The molecule has 1 aromatic heterocycles. The maximum absolute atomic E-state index is 13.5. The number of nitrogens with two attached hydrogens (primary N) is 1. The quantitative estimate of drug-likeness (QED) is 0.579. The fourth-order valence-corrected chi connectivity index (χ4v) is 1.83. The van der Waals surface area contributed by atoms with E-state index in [4.69, 9.17) is 5.84 Å². The Balaban J connectivity index is 2.96. The molecular weight excluding hydrogens is 193 g/mol. The van der Waals surface area contributed by atoms with Gasteiger partial charge in [-0.2, -0.15) is 0 Å². The van der Waals surface area contributed by atoms with E-state index in [1.807, 2.05) is 0 Å². The Labute approximate surface area is 89.9 Å². The van der Waals surface area contributed by atoms with Crippen LogP contribution in [0.4, 0.5) is 4.39 Å². The zero-order valence-corrected chi connectivity index (χ0v) is 9.20. The minimum Gasteiger partial charge on any atom is -0.271 e. The van der Waals surface area contributed by atoms with Crippen LogP contribution in [0.15, 0.2) is 18.3 Å². The van der Waals surface area contributed by atoms with Crippen molar-refractivity contribution in [1.82, 2.24) is 10.4 Å². The molecule has 0 aliphatic carbocycles. The smallest absolute Gasteiger partial charge is 0.146 e. The Hall–Kier alpha value is -1.00. The van der Waals surface area contributed by atoms with Gasteiger partial charge in [-0.3, -0.25) is 16.3 Å². The van der Waals surface area contributed by atoms with Gasteiger partial charge in [-0.1, -0.05) is 26.7 Å². The predicted molar refractivity (Wildman–Crippen MR) is 58.3 cm³/mol. The predicted octanol–water partition coefficient (Wildman–Crippen LogP) is 2.16. The van der Waals surface area contributed by atoms with Crippen LogP contribution in [0.2, 0.25) is 0 Å². The molecule has 0 saturated heterocycles. The Morgan fingerprint density at radius 3 is 2.60 bits per heavy atom. The first-order chi connectivity index (χ1) is 7.24. The van der Waals surface area contributed by atoms with Gasteiger partial charge in [0.2, 0.25) is 0 Å². The molecule has 0 fully saturated rings. The summed E-state index contributed by atoms with van der Waals surface area (Å²) in [5, 5.41) is 0. The number of aromatic nitrogens is 1. The van der Waals surface area contributed by atoms with Crippen molar-refractivity contribution >= 4 is 0 Å². The van der Waals surface area contributed by atoms with Crippen molar-refractivity contribution in [2.24, 2.45) is 11.8 Å². The number of hydrogen-bond donors (Lipinski definition) is 2. The monoisotopic (exact) mass is 211 g/mol. The fraction of sp³-hybridized carbons (Fsp3) is 0.545. The zero-order chi connectivity index (χ0) is 11.3. The Kier molecular flexibility index (Phi) is 4.65. The third kappa shape index (κ3) is 2.73. The van der Waals surface area contributed by atoms with Crippen LogP contribution in [0.1, 0.15) is 38.4 Å². The Morgan fingerprint density at radius 1 is 1.47 bits per heavy atom. The average Bonchev–Trinajstić information content (AvgIpc) is 2.27. The maximum atomic E-state index is 13.5. The number of pyridine rings is 1. The first kappa shape index (κ1) is 12.1. The molecule has 0 saturated carbocycles. The minimum atomic E-state index is -0.299. The molecule has 0 spiro atoms. The standard InChI is InChI=1S/C11H18FN3/c1-3-8(4-2)10(15-13)11-9(12)6-5-7-14-11/h5-8,10,15H,3-4,13H2,1-2H3. The van der Waals surface area contributed by atoms with Crippen LogP contribution in [-0.4, -0.2) is 4.98 Å². The second-order valence-electron chi connectivity index (χ2n) is 3.59. The van der Waals surface area contributed by atoms with Gasteiger partial charge in [0.05, 0.1) is 11.7 Å². The topological polar surface area (TPSA) is 50.9 Å². The van der Waals surface area contributed by atoms with Crippen LogP contribution in [0.25, 0.3) is 0 Å². The summed E-state index contributed by atoms with van der Waals surface area (Å²) < 4.78 is 13.5. The lowest BCUT2D eigenvalue weighted by Gasteiger charge is -2.24. The van der Waals surface area contributed by atoms with Crippen molar-refractivity contribution in [3.63, 3.8) is 0 Å². The molecule has 0 amide bonds. The molecule has 1 aromatic rings. The van der Waals surface area contributed by atoms with Crippen molar-refractivity contribution < 1.29 is 4.39 Å². The molecule has 0 aliphatic rings. The van der Waals surface area contributed by atoms with E-state index in [1.165, 1.54) is 6.07 Å². The summed E-state index contributed by atoms with van der Waals surface area (Å²) in [6.07, 6.45) is 3.48. The third-order valence-corrected chi connectivity index (χ3v) is 2.78. The highest BCUT2D eigenvalue weighted by atomic mass is 19.1. The normalized spacial score (nSPS) is 13.1. The van der Waals surface area contributed by atoms with Gasteiger partial charge >= 0.3 is 0 Å². The number of nitrogens with zero attached hydrogens (tertiary/aromatic N) is 1. The van der Waals surface area contributed by atoms with Gasteiger partial charge in [-0.05, 0) is 18.1 Å². The highest BCUT2D eigenvalue weighted by Crippen LogP contribution is 2.26. The number of halogens is 1. The fourth-order valence-electron chi connectivity index (χ4n) is 1.83. The largest absolute Gasteiger partial charge is 0.271 e. The second kappa shape index (κ2) is 5.78. The van der Waals surface area contributed by atoms with E-state index in [0.29, 0.717) is 11.6 Å². The Morgan fingerprint density at radius 2 is 2.13 bits per heavy atom. The van der Waals surface area contributed by atoms with Crippen LogP contribution >= 0.6 is 0 Å². The van der Waals surface area contributed by atoms with Crippen LogP contribution in [0.3, 0.4) is 0 Å². The summed E-state index contributed by atoms with van der Waals surface area (Å²) in [4.78, 5) is 4.05. The summed E-state index contributed by atoms with van der Waals surface area (Å²) in [6.45, 7) is 4.14. The van der Waals surface area contributed by atoms with Crippen molar-refractivity contribution in [2.75, 3.05) is 0 Å². The van der Waals surface area contributed by atoms with Gasteiger partial charge in [0.25, 0.3) is 0 Å². The molecule has 3 nitrogen and oxygen atoms in total. The van der Waals surface area contributed by atoms with Crippen molar-refractivity contribution in [3.8, 4) is 0 Å². The third-order valence-electron chi connectivity index (χ3n) is 2.78. The summed E-state index contributed by atoms with van der Waals surface area (Å²) in [6, 6.07) is 2.79. The molecule has 3 N–H and O–H groups in total. The van der Waals surface area contributed by atoms with Gasteiger partial charge in [-0.15, -0.1) is 0 Å². The summed E-state index contributed by atoms with van der Waals surface area (Å²) >= 11 is 0. The lowest BCUT2D eigenvalue weighted by atomic mass is 9.92. The van der Waals surface area contributed by atoms with E-state index in [0.717, 1.165) is 12.8 Å². The minimum absolute atomic E-state index is 0.207. The molecule has 0 radical (unpaired) electrons. The average molecular weight is 211 g/mol. The van der Waals surface area contributed by atoms with Gasteiger partial charge in [0.1, 0.15) is 5.82 Å².